The summed E-state index contributed by atoms with van der Waals surface area (Å²) in [4.78, 5) is 0. The number of alkyl halides is 1. The molecule has 0 saturated heterocycles. The molecule has 0 fully saturated rings. The molecule has 1 atom stereocenters. The fourth-order valence-electron chi connectivity index (χ4n) is 2.57. The minimum Gasteiger partial charge on any atom is -0.493 e. The third kappa shape index (κ3) is 3.13. The van der Waals surface area contributed by atoms with E-state index in [0.717, 1.165) is 12.2 Å². The molecule has 2 nitrogen and oxygen atoms in total. The average molecular weight is 307 g/mol. The lowest BCUT2D eigenvalue weighted by atomic mass is 9.94. The van der Waals surface area contributed by atoms with Crippen molar-refractivity contribution in [1.29, 1.82) is 0 Å². The topological polar surface area (TPSA) is 18.5 Å². The summed E-state index contributed by atoms with van der Waals surface area (Å²) in [7, 11) is 0. The molecule has 0 radical (unpaired) electrons. The van der Waals surface area contributed by atoms with Gasteiger partial charge < -0.3 is 9.47 Å². The summed E-state index contributed by atoms with van der Waals surface area (Å²) in [6.45, 7) is 1.23. The van der Waals surface area contributed by atoms with E-state index in [0.29, 0.717) is 24.5 Å². The summed E-state index contributed by atoms with van der Waals surface area (Å²) in [6, 6.07) is 12.5. The number of benzene rings is 2. The zero-order valence-electron chi connectivity index (χ0n) is 11.5. The number of para-hydroxylation sites is 1. The molecular weight excluding hydrogens is 291 g/mol. The molecule has 0 aromatic heterocycles. The molecule has 3 rings (SSSR count). The molecule has 0 saturated carbocycles. The Morgan fingerprint density at radius 1 is 1.24 bits per heavy atom. The number of rotatable bonds is 4. The second-order valence-corrected chi connectivity index (χ2v) is 5.34. The summed E-state index contributed by atoms with van der Waals surface area (Å²) in [5.74, 6) is 1.79. The lowest BCUT2D eigenvalue weighted by Crippen LogP contribution is -2.19. The summed E-state index contributed by atoms with van der Waals surface area (Å²) >= 11 is 5.84. The van der Waals surface area contributed by atoms with Crippen LogP contribution in [0, 0.1) is 5.82 Å². The van der Waals surface area contributed by atoms with E-state index in [-0.39, 0.29) is 17.6 Å². The second kappa shape index (κ2) is 6.35. The van der Waals surface area contributed by atoms with Crippen LogP contribution in [0.4, 0.5) is 4.39 Å². The van der Waals surface area contributed by atoms with Crippen molar-refractivity contribution in [2.75, 3.05) is 13.2 Å². The van der Waals surface area contributed by atoms with Crippen LogP contribution >= 0.6 is 11.6 Å². The first kappa shape index (κ1) is 14.2. The van der Waals surface area contributed by atoms with Crippen LogP contribution in [0.2, 0.25) is 0 Å². The van der Waals surface area contributed by atoms with Crippen LogP contribution in [-0.2, 0) is 5.88 Å². The summed E-state index contributed by atoms with van der Waals surface area (Å²) in [5, 5.41) is 0. The van der Waals surface area contributed by atoms with Gasteiger partial charge in [0.2, 0.25) is 0 Å². The van der Waals surface area contributed by atoms with Crippen LogP contribution in [0.5, 0.6) is 11.5 Å². The smallest absolute Gasteiger partial charge is 0.123 e. The zero-order valence-corrected chi connectivity index (χ0v) is 12.3. The van der Waals surface area contributed by atoms with Crippen molar-refractivity contribution in [2.45, 2.75) is 18.2 Å². The Balaban J connectivity index is 1.74. The fraction of sp³-hybridized carbons (Fsp3) is 0.294. The van der Waals surface area contributed by atoms with Gasteiger partial charge in [-0.1, -0.05) is 18.2 Å². The van der Waals surface area contributed by atoms with Gasteiger partial charge in [0.15, 0.2) is 0 Å². The van der Waals surface area contributed by atoms with Gasteiger partial charge in [-0.05, 0) is 30.7 Å². The molecule has 0 N–H and O–H groups in total. The number of hydrogen-bond acceptors (Lipinski definition) is 2. The molecule has 0 spiro atoms. The van der Waals surface area contributed by atoms with Gasteiger partial charge in [-0.3, -0.25) is 0 Å². The molecule has 0 amide bonds. The zero-order chi connectivity index (χ0) is 14.7. The lowest BCUT2D eigenvalue weighted by Gasteiger charge is -2.26. The SMILES string of the molecule is Fc1ccc(OCC2CCOc3ccccc32)c(CCl)c1. The Kier molecular flexibility index (Phi) is 4.30. The van der Waals surface area contributed by atoms with Crippen molar-refractivity contribution >= 4 is 11.6 Å². The molecule has 1 aliphatic heterocycles. The highest BCUT2D eigenvalue weighted by molar-refractivity contribution is 6.17. The largest absolute Gasteiger partial charge is 0.493 e. The first-order valence-corrected chi connectivity index (χ1v) is 7.50. The van der Waals surface area contributed by atoms with Crippen LogP contribution in [0.3, 0.4) is 0 Å². The Morgan fingerprint density at radius 2 is 2.10 bits per heavy atom. The monoisotopic (exact) mass is 306 g/mol. The number of hydrogen-bond donors (Lipinski definition) is 0. The number of ether oxygens (including phenoxy) is 2. The highest BCUT2D eigenvalue weighted by Gasteiger charge is 2.22. The van der Waals surface area contributed by atoms with Crippen LogP contribution in [0.25, 0.3) is 0 Å². The Morgan fingerprint density at radius 3 is 2.95 bits per heavy atom. The maximum Gasteiger partial charge on any atom is 0.123 e. The van der Waals surface area contributed by atoms with Crippen LogP contribution in [-0.4, -0.2) is 13.2 Å². The van der Waals surface area contributed by atoms with Crippen molar-refractivity contribution in [1.82, 2.24) is 0 Å². The highest BCUT2D eigenvalue weighted by Crippen LogP contribution is 2.34. The lowest BCUT2D eigenvalue weighted by molar-refractivity contribution is 0.216. The maximum absolute atomic E-state index is 13.2. The molecule has 1 heterocycles. The predicted molar refractivity (Wildman–Crippen MR) is 80.7 cm³/mol. The molecule has 4 heteroatoms. The molecular formula is C17H16ClFO2. The third-order valence-corrected chi connectivity index (χ3v) is 3.98. The summed E-state index contributed by atoms with van der Waals surface area (Å²) < 4.78 is 24.7. The van der Waals surface area contributed by atoms with Gasteiger partial charge in [-0.25, -0.2) is 4.39 Å². The van der Waals surface area contributed by atoms with Gasteiger partial charge in [0.1, 0.15) is 17.3 Å². The van der Waals surface area contributed by atoms with Gasteiger partial charge in [-0.2, -0.15) is 0 Å². The van der Waals surface area contributed by atoms with E-state index < -0.39 is 0 Å². The Labute approximate surface area is 128 Å². The Hall–Kier alpha value is -1.74. The standard InChI is InChI=1S/C17H16ClFO2/c18-10-13-9-14(19)5-6-16(13)21-11-12-7-8-20-17-4-2-1-3-15(12)17/h1-6,9,12H,7-8,10-11H2. The number of fused-ring (bicyclic) bond motifs is 1. The highest BCUT2D eigenvalue weighted by atomic mass is 35.5. The summed E-state index contributed by atoms with van der Waals surface area (Å²) in [5.41, 5.74) is 1.84. The molecule has 0 aliphatic carbocycles. The van der Waals surface area contributed by atoms with Crippen molar-refractivity contribution in [3.63, 3.8) is 0 Å². The molecule has 1 aliphatic rings. The molecule has 0 bridgehead atoms. The Bertz CT molecular complexity index is 630. The molecule has 1 unspecified atom stereocenters. The normalized spacial score (nSPS) is 17.0. The average Bonchev–Trinajstić information content (AvgIpc) is 2.53. The molecule has 21 heavy (non-hydrogen) atoms. The van der Waals surface area contributed by atoms with Crippen molar-refractivity contribution in [3.05, 3.63) is 59.4 Å². The van der Waals surface area contributed by atoms with Crippen molar-refractivity contribution < 1.29 is 13.9 Å². The van der Waals surface area contributed by atoms with E-state index in [2.05, 4.69) is 6.07 Å². The molecule has 2 aromatic carbocycles. The predicted octanol–water partition coefficient (Wildman–Crippen LogP) is 4.51. The first-order valence-electron chi connectivity index (χ1n) is 6.97. The van der Waals surface area contributed by atoms with E-state index in [1.807, 2.05) is 18.2 Å². The van der Waals surface area contributed by atoms with E-state index in [1.54, 1.807) is 6.07 Å². The second-order valence-electron chi connectivity index (χ2n) is 5.07. The van der Waals surface area contributed by atoms with Crippen molar-refractivity contribution in [3.8, 4) is 11.5 Å². The quantitative estimate of drug-likeness (QED) is 0.774. The maximum atomic E-state index is 13.2. The van der Waals surface area contributed by atoms with Gasteiger partial charge in [0.25, 0.3) is 0 Å². The van der Waals surface area contributed by atoms with E-state index in [1.165, 1.54) is 17.7 Å². The van der Waals surface area contributed by atoms with Crippen molar-refractivity contribution in [2.24, 2.45) is 0 Å². The van der Waals surface area contributed by atoms with E-state index >= 15 is 0 Å². The number of halogens is 2. The first-order chi connectivity index (χ1) is 10.3. The van der Waals surface area contributed by atoms with Gasteiger partial charge in [0, 0.05) is 17.0 Å². The van der Waals surface area contributed by atoms with Gasteiger partial charge in [-0.15, -0.1) is 11.6 Å². The van der Waals surface area contributed by atoms with Crippen LogP contribution in [0.15, 0.2) is 42.5 Å². The minimum absolute atomic E-state index is 0.234. The van der Waals surface area contributed by atoms with E-state index in [9.17, 15) is 4.39 Å². The molecule has 2 aromatic rings. The van der Waals surface area contributed by atoms with Gasteiger partial charge in [0.05, 0.1) is 19.1 Å². The third-order valence-electron chi connectivity index (χ3n) is 3.69. The van der Waals surface area contributed by atoms with E-state index in [4.69, 9.17) is 21.1 Å². The van der Waals surface area contributed by atoms with Crippen LogP contribution in [0.1, 0.15) is 23.5 Å². The summed E-state index contributed by atoms with van der Waals surface area (Å²) in [6.07, 6.45) is 0.911. The molecule has 110 valence electrons. The fourth-order valence-corrected chi connectivity index (χ4v) is 2.78. The van der Waals surface area contributed by atoms with Crippen LogP contribution < -0.4 is 9.47 Å². The minimum atomic E-state index is -0.297. The van der Waals surface area contributed by atoms with Gasteiger partial charge >= 0.3 is 0 Å².